The third kappa shape index (κ3) is 11.9. The van der Waals surface area contributed by atoms with Gasteiger partial charge in [0, 0.05) is 72.3 Å². The highest BCUT2D eigenvalue weighted by Gasteiger charge is 2.18. The van der Waals surface area contributed by atoms with E-state index in [1.807, 2.05) is 24.3 Å². The van der Waals surface area contributed by atoms with Gasteiger partial charge in [-0.2, -0.15) is 21.0 Å². The number of nitrogens with zero attached hydrogens (tertiary/aromatic N) is 10. The minimum atomic E-state index is 0.168. The van der Waals surface area contributed by atoms with E-state index in [1.165, 1.54) is 12.4 Å². The van der Waals surface area contributed by atoms with E-state index in [4.69, 9.17) is 42.1 Å². The van der Waals surface area contributed by atoms with Crippen LogP contribution in [0.4, 0.5) is 0 Å². The van der Waals surface area contributed by atoms with Crippen LogP contribution in [0.3, 0.4) is 0 Å². The number of aromatic nitrogens is 10. The van der Waals surface area contributed by atoms with Crippen LogP contribution < -0.4 is 29.6 Å². The first kappa shape index (κ1) is 46.5. The summed E-state index contributed by atoms with van der Waals surface area (Å²) >= 11 is 13.7. The Morgan fingerprint density at radius 2 is 0.971 bits per heavy atom. The summed E-state index contributed by atoms with van der Waals surface area (Å²) in [7, 11) is 0. The third-order valence-electron chi connectivity index (χ3n) is 10.8. The maximum atomic E-state index is 9.37. The van der Waals surface area contributed by atoms with Gasteiger partial charge in [0.25, 0.3) is 0 Å². The van der Waals surface area contributed by atoms with Gasteiger partial charge in [0.05, 0.1) is 34.3 Å². The molecule has 0 saturated carbocycles. The number of H-pyrrole nitrogens is 2. The van der Waals surface area contributed by atoms with Crippen LogP contribution >= 0.6 is 23.2 Å². The van der Waals surface area contributed by atoms with Crippen molar-refractivity contribution >= 4 is 23.2 Å². The summed E-state index contributed by atoms with van der Waals surface area (Å²) < 4.78 is 25.4. The van der Waals surface area contributed by atoms with Crippen molar-refractivity contribution in [2.45, 2.75) is 66.5 Å². The molecule has 342 valence electrons. The molecule has 0 aliphatic rings. The Hall–Kier alpha value is -8.00. The summed E-state index contributed by atoms with van der Waals surface area (Å²) in [6.45, 7) is 6.46. The number of nitrogens with one attached hydrogen (secondary N) is 4. The standard InChI is InChI=1S/C48H42Cl2N14O4/c1-29-35(27-67-45-13-43(65-25-33-9-31(15-51)17-53-19-33)37(11-41(45)49)21-55-23-47-57-61-62-58-47)5-3-7-39(29)40-8-4-6-36(30(40)2)28-68-46-14-44(66-26-34-10-32(16-52)18-54-20-34)38(12-42(46)50)22-56-24-48-59-63-64-60-48/h3-14,17-20,55-56H,21-28H2,1-2H3,(H,57,58,61,62)(H,59,60,63,64). The van der Waals surface area contributed by atoms with Crippen molar-refractivity contribution in [1.29, 1.82) is 10.5 Å². The zero-order valence-corrected chi connectivity index (χ0v) is 38.3. The Kier molecular flexibility index (Phi) is 15.4. The molecule has 4 N–H and O–H groups in total. The topological polar surface area (TPSA) is 243 Å². The van der Waals surface area contributed by atoms with Gasteiger partial charge < -0.3 is 29.6 Å². The molecule has 0 bridgehead atoms. The lowest BCUT2D eigenvalue weighted by atomic mass is 9.92. The van der Waals surface area contributed by atoms with Crippen molar-refractivity contribution in [2.24, 2.45) is 0 Å². The number of tetrazole rings is 2. The summed E-state index contributed by atoms with van der Waals surface area (Å²) in [6, 6.07) is 27.1. The van der Waals surface area contributed by atoms with Gasteiger partial charge in [-0.3, -0.25) is 9.97 Å². The molecule has 0 atom stereocenters. The molecule has 0 fully saturated rings. The number of ether oxygens (including phenoxy) is 4. The maximum absolute atomic E-state index is 9.37. The highest BCUT2D eigenvalue weighted by Crippen LogP contribution is 2.37. The van der Waals surface area contributed by atoms with Crippen LogP contribution in [0.5, 0.6) is 23.0 Å². The molecule has 0 radical (unpaired) electrons. The number of hydrogen-bond donors (Lipinski definition) is 4. The predicted molar refractivity (Wildman–Crippen MR) is 249 cm³/mol. The van der Waals surface area contributed by atoms with Crippen molar-refractivity contribution in [3.63, 3.8) is 0 Å². The lowest BCUT2D eigenvalue weighted by Gasteiger charge is -2.19. The van der Waals surface area contributed by atoms with E-state index in [9.17, 15) is 10.5 Å². The van der Waals surface area contributed by atoms with Crippen LogP contribution in [0.15, 0.2) is 97.6 Å². The van der Waals surface area contributed by atoms with Crippen molar-refractivity contribution in [3.05, 3.63) is 175 Å². The van der Waals surface area contributed by atoms with E-state index >= 15 is 0 Å². The smallest absolute Gasteiger partial charge is 0.188 e. The molecular weight excluding hydrogens is 908 g/mol. The highest BCUT2D eigenvalue weighted by molar-refractivity contribution is 6.32. The second-order valence-corrected chi connectivity index (χ2v) is 16.2. The number of nitriles is 2. The van der Waals surface area contributed by atoms with Crippen LogP contribution in [0.1, 0.15) is 67.3 Å². The molecule has 8 aromatic rings. The molecule has 68 heavy (non-hydrogen) atoms. The Morgan fingerprint density at radius 1 is 0.529 bits per heavy atom. The second kappa shape index (κ2) is 22.5. The quantitative estimate of drug-likeness (QED) is 0.0538. The van der Waals surface area contributed by atoms with Gasteiger partial charge in [-0.05, 0) is 71.5 Å². The fourth-order valence-corrected chi connectivity index (χ4v) is 7.68. The Balaban J connectivity index is 0.973. The van der Waals surface area contributed by atoms with Gasteiger partial charge in [-0.1, -0.05) is 70.0 Å². The molecular formula is C48H42Cl2N14O4. The summed E-state index contributed by atoms with van der Waals surface area (Å²) in [6.07, 6.45) is 6.32. The zero-order valence-electron chi connectivity index (χ0n) is 36.8. The van der Waals surface area contributed by atoms with E-state index < -0.39 is 0 Å². The lowest BCUT2D eigenvalue weighted by molar-refractivity contribution is 0.286. The Bertz CT molecular complexity index is 2880. The van der Waals surface area contributed by atoms with Crippen LogP contribution in [0.2, 0.25) is 10.0 Å². The first-order valence-corrected chi connectivity index (χ1v) is 21.9. The fourth-order valence-electron chi connectivity index (χ4n) is 7.20. The zero-order chi connectivity index (χ0) is 47.2. The van der Waals surface area contributed by atoms with E-state index in [0.29, 0.717) is 82.0 Å². The lowest BCUT2D eigenvalue weighted by Crippen LogP contribution is -2.15. The van der Waals surface area contributed by atoms with Crippen LogP contribution in [0, 0.1) is 36.5 Å². The monoisotopic (exact) mass is 948 g/mol. The van der Waals surface area contributed by atoms with E-state index in [-0.39, 0.29) is 26.4 Å². The van der Waals surface area contributed by atoms with Gasteiger partial charge in [-0.25, -0.2) is 0 Å². The van der Waals surface area contributed by atoms with Gasteiger partial charge in [0.15, 0.2) is 11.6 Å². The molecule has 0 saturated heterocycles. The molecule has 4 aromatic carbocycles. The molecule has 4 aromatic heterocycles. The SMILES string of the molecule is Cc1c(COc2cc(OCc3cncc(C#N)c3)c(CNCc3nn[nH]n3)cc2Cl)cccc1-c1cccc(COc2cc(OCc3cncc(C#N)c3)c(CNCc3nn[nH]n3)cc2Cl)c1C. The largest absolute Gasteiger partial charge is 0.488 e. The fraction of sp³-hybridized carbons (Fsp3) is 0.208. The molecule has 8 rings (SSSR count). The number of rotatable bonds is 21. The molecule has 0 aliphatic carbocycles. The van der Waals surface area contributed by atoms with Gasteiger partial charge in [-0.15, -0.1) is 20.4 Å². The first-order valence-electron chi connectivity index (χ1n) is 21.1. The molecule has 20 heteroatoms. The van der Waals surface area contributed by atoms with Crippen molar-refractivity contribution < 1.29 is 18.9 Å². The number of benzene rings is 4. The van der Waals surface area contributed by atoms with Crippen molar-refractivity contribution in [2.75, 3.05) is 0 Å². The van der Waals surface area contributed by atoms with Gasteiger partial charge in [0.1, 0.15) is 61.6 Å². The number of hydrogen-bond acceptors (Lipinski definition) is 16. The Morgan fingerprint density at radius 3 is 1.38 bits per heavy atom. The average molecular weight is 950 g/mol. The first-order chi connectivity index (χ1) is 33.2. The highest BCUT2D eigenvalue weighted by atomic mass is 35.5. The molecule has 0 unspecified atom stereocenters. The number of aromatic amines is 2. The maximum Gasteiger partial charge on any atom is 0.188 e. The third-order valence-corrected chi connectivity index (χ3v) is 11.4. The molecule has 18 nitrogen and oxygen atoms in total. The minimum Gasteiger partial charge on any atom is -0.488 e. The van der Waals surface area contributed by atoms with Crippen molar-refractivity contribution in [1.82, 2.24) is 61.8 Å². The van der Waals surface area contributed by atoms with Crippen molar-refractivity contribution in [3.8, 4) is 46.3 Å². The second-order valence-electron chi connectivity index (χ2n) is 15.4. The number of halogens is 2. The predicted octanol–water partition coefficient (Wildman–Crippen LogP) is 7.73. The summed E-state index contributed by atoms with van der Waals surface area (Å²) in [4.78, 5) is 8.32. The van der Waals surface area contributed by atoms with Crippen LogP contribution in [-0.2, 0) is 52.6 Å². The van der Waals surface area contributed by atoms with Crippen LogP contribution in [0.25, 0.3) is 11.1 Å². The molecule has 0 aliphatic heterocycles. The summed E-state index contributed by atoms with van der Waals surface area (Å²) in [5, 5.41) is 54.3. The minimum absolute atomic E-state index is 0.168. The summed E-state index contributed by atoms with van der Waals surface area (Å²) in [5.41, 5.74) is 10.00. The molecule has 0 amide bonds. The normalized spacial score (nSPS) is 10.9. The van der Waals surface area contributed by atoms with Gasteiger partial charge in [0.2, 0.25) is 0 Å². The van der Waals surface area contributed by atoms with E-state index in [0.717, 1.165) is 55.6 Å². The average Bonchev–Trinajstić information content (AvgIpc) is 4.09. The van der Waals surface area contributed by atoms with E-state index in [2.05, 4.69) is 100.0 Å². The van der Waals surface area contributed by atoms with E-state index in [1.54, 1.807) is 48.8 Å². The molecule has 0 spiro atoms. The Labute approximate surface area is 400 Å². The molecule has 4 heterocycles. The van der Waals surface area contributed by atoms with Gasteiger partial charge >= 0.3 is 0 Å². The number of pyridine rings is 2. The van der Waals surface area contributed by atoms with Crippen LogP contribution in [-0.4, -0.2) is 51.2 Å². The summed E-state index contributed by atoms with van der Waals surface area (Å²) in [5.74, 6) is 2.99.